The second-order valence-corrected chi connectivity index (χ2v) is 8.48. The number of amides is 1. The number of imidazole rings is 1. The first-order valence-electron chi connectivity index (χ1n) is 10.3. The third-order valence-corrected chi connectivity index (χ3v) is 6.36. The van der Waals surface area contributed by atoms with Gasteiger partial charge in [0.15, 0.2) is 0 Å². The minimum Gasteiger partial charge on any atom is -0.341 e. The Bertz CT molecular complexity index is 1020. The van der Waals surface area contributed by atoms with Gasteiger partial charge in [-0.3, -0.25) is 9.78 Å². The van der Waals surface area contributed by atoms with Gasteiger partial charge >= 0.3 is 0 Å². The molecule has 1 saturated heterocycles. The first kappa shape index (κ1) is 17.4. The van der Waals surface area contributed by atoms with Crippen LogP contribution < -0.4 is 0 Å². The Hall–Kier alpha value is -2.69. The van der Waals surface area contributed by atoms with Crippen LogP contribution in [0.3, 0.4) is 0 Å². The van der Waals surface area contributed by atoms with Crippen LogP contribution in [0.4, 0.5) is 0 Å². The fourth-order valence-corrected chi connectivity index (χ4v) is 4.76. The number of pyridine rings is 1. The van der Waals surface area contributed by atoms with E-state index in [1.54, 1.807) is 6.20 Å². The van der Waals surface area contributed by atoms with Gasteiger partial charge in [0.05, 0.1) is 22.6 Å². The normalized spacial score (nSPS) is 20.8. The van der Waals surface area contributed by atoms with Crippen LogP contribution in [-0.2, 0) is 10.2 Å². The molecule has 0 unspecified atom stereocenters. The van der Waals surface area contributed by atoms with Gasteiger partial charge in [-0.15, -0.1) is 0 Å². The molecule has 0 bridgehead atoms. The van der Waals surface area contributed by atoms with Gasteiger partial charge in [-0.05, 0) is 44.7 Å². The molecule has 144 valence electrons. The number of fused-ring (bicyclic) bond motifs is 1. The number of rotatable bonds is 4. The first-order valence-corrected chi connectivity index (χ1v) is 10.3. The number of carbonyl (C=O) groups excluding carboxylic acids is 1. The van der Waals surface area contributed by atoms with Gasteiger partial charge in [0.1, 0.15) is 5.82 Å². The van der Waals surface area contributed by atoms with Crippen molar-refractivity contribution in [2.45, 2.75) is 50.5 Å². The molecule has 5 rings (SSSR count). The van der Waals surface area contributed by atoms with Crippen LogP contribution >= 0.6 is 0 Å². The van der Waals surface area contributed by atoms with Crippen LogP contribution in [0.1, 0.15) is 56.5 Å². The molecule has 1 atom stereocenters. The third-order valence-electron chi connectivity index (χ3n) is 6.36. The van der Waals surface area contributed by atoms with E-state index in [2.05, 4.69) is 40.4 Å². The van der Waals surface area contributed by atoms with E-state index in [1.807, 2.05) is 30.5 Å². The quantitative estimate of drug-likeness (QED) is 0.692. The zero-order chi connectivity index (χ0) is 19.3. The predicted octanol–water partition coefficient (Wildman–Crippen LogP) is 4.06. The van der Waals surface area contributed by atoms with Crippen molar-refractivity contribution in [3.63, 3.8) is 0 Å². The van der Waals surface area contributed by atoms with Crippen molar-refractivity contribution in [2.75, 3.05) is 13.1 Å². The van der Waals surface area contributed by atoms with Crippen LogP contribution in [0, 0.1) is 0 Å². The summed E-state index contributed by atoms with van der Waals surface area (Å²) in [5.74, 6) is 1.68. The largest absolute Gasteiger partial charge is 0.341 e. The molecule has 0 N–H and O–H groups in total. The Balaban J connectivity index is 1.42. The second kappa shape index (κ2) is 6.43. The summed E-state index contributed by atoms with van der Waals surface area (Å²) in [4.78, 5) is 24.7. The molecule has 28 heavy (non-hydrogen) atoms. The van der Waals surface area contributed by atoms with Crippen molar-refractivity contribution in [2.24, 2.45) is 0 Å². The maximum Gasteiger partial charge on any atom is 0.233 e. The zero-order valence-electron chi connectivity index (χ0n) is 16.5. The molecule has 5 heteroatoms. The lowest BCUT2D eigenvalue weighted by atomic mass is 9.94. The van der Waals surface area contributed by atoms with Gasteiger partial charge in [-0.25, -0.2) is 4.98 Å². The van der Waals surface area contributed by atoms with Gasteiger partial charge in [-0.2, -0.15) is 0 Å². The van der Waals surface area contributed by atoms with Crippen molar-refractivity contribution in [1.29, 1.82) is 0 Å². The summed E-state index contributed by atoms with van der Waals surface area (Å²) in [5, 5.41) is 0. The Morgan fingerprint density at radius 2 is 1.96 bits per heavy atom. The molecular weight excluding hydrogens is 348 g/mol. The van der Waals surface area contributed by atoms with Crippen molar-refractivity contribution < 1.29 is 4.79 Å². The van der Waals surface area contributed by atoms with Crippen LogP contribution in [-0.4, -0.2) is 38.4 Å². The number of hydrogen-bond acceptors (Lipinski definition) is 3. The molecular formula is C23H26N4O. The van der Waals surface area contributed by atoms with Gasteiger partial charge in [0.2, 0.25) is 5.91 Å². The molecule has 1 aliphatic carbocycles. The summed E-state index contributed by atoms with van der Waals surface area (Å²) in [5.41, 5.74) is 2.97. The minimum atomic E-state index is -0.280. The number of aromatic nitrogens is 3. The summed E-state index contributed by atoms with van der Waals surface area (Å²) in [7, 11) is 0. The Labute approximate surface area is 165 Å². The average Bonchev–Trinajstić information content (AvgIpc) is 3.21. The van der Waals surface area contributed by atoms with Crippen LogP contribution in [0.15, 0.2) is 48.8 Å². The second-order valence-electron chi connectivity index (χ2n) is 8.48. The highest BCUT2D eigenvalue weighted by atomic mass is 16.2. The summed E-state index contributed by atoms with van der Waals surface area (Å²) in [6, 6.07) is 12.6. The van der Waals surface area contributed by atoms with E-state index in [-0.39, 0.29) is 11.3 Å². The zero-order valence-corrected chi connectivity index (χ0v) is 16.5. The van der Waals surface area contributed by atoms with E-state index in [0.717, 1.165) is 49.2 Å². The molecule has 1 aromatic carbocycles. The SMILES string of the molecule is CC(C)n1c([C@@H]2CCN(C(=O)C3(c4ccccc4)CC3)C2)nc2ccncc21. The molecule has 2 fully saturated rings. The molecule has 3 aromatic rings. The third kappa shape index (κ3) is 2.64. The number of carbonyl (C=O) groups is 1. The summed E-state index contributed by atoms with van der Waals surface area (Å²) in [6.07, 6.45) is 6.60. The molecule has 1 aliphatic heterocycles. The van der Waals surface area contributed by atoms with E-state index >= 15 is 0 Å². The fraction of sp³-hybridized carbons (Fsp3) is 0.435. The van der Waals surface area contributed by atoms with Crippen molar-refractivity contribution in [1.82, 2.24) is 19.4 Å². The van der Waals surface area contributed by atoms with E-state index in [4.69, 9.17) is 4.98 Å². The van der Waals surface area contributed by atoms with Crippen LogP contribution in [0.25, 0.3) is 11.0 Å². The summed E-state index contributed by atoms with van der Waals surface area (Å²) >= 11 is 0. The van der Waals surface area contributed by atoms with Gasteiger partial charge in [0, 0.05) is 31.2 Å². The Morgan fingerprint density at radius 1 is 1.18 bits per heavy atom. The monoisotopic (exact) mass is 374 g/mol. The topological polar surface area (TPSA) is 51.0 Å². The van der Waals surface area contributed by atoms with Crippen molar-refractivity contribution >= 4 is 16.9 Å². The number of nitrogens with zero attached hydrogens (tertiary/aromatic N) is 4. The number of hydrogen-bond donors (Lipinski definition) is 0. The standard InChI is InChI=1S/C23H26N4O/c1-16(2)27-20-14-24-12-8-19(20)25-21(27)17-9-13-26(15-17)22(28)23(10-11-23)18-6-4-3-5-7-18/h3-8,12,14,16-17H,9-11,13,15H2,1-2H3/t17-/m1/s1. The van der Waals surface area contributed by atoms with Gasteiger partial charge < -0.3 is 9.47 Å². The lowest BCUT2D eigenvalue weighted by Gasteiger charge is -2.24. The maximum atomic E-state index is 13.4. The lowest BCUT2D eigenvalue weighted by molar-refractivity contribution is -0.132. The summed E-state index contributed by atoms with van der Waals surface area (Å²) < 4.78 is 2.30. The van der Waals surface area contributed by atoms with Crippen LogP contribution in [0.5, 0.6) is 0 Å². The fourth-order valence-electron chi connectivity index (χ4n) is 4.76. The van der Waals surface area contributed by atoms with Crippen molar-refractivity contribution in [3.05, 3.63) is 60.2 Å². The minimum absolute atomic E-state index is 0.280. The molecule has 2 aliphatic rings. The van der Waals surface area contributed by atoms with Gasteiger partial charge in [0.25, 0.3) is 0 Å². The smallest absolute Gasteiger partial charge is 0.233 e. The predicted molar refractivity (Wildman–Crippen MR) is 109 cm³/mol. The molecule has 1 amide bonds. The average molecular weight is 374 g/mol. The number of benzene rings is 1. The van der Waals surface area contributed by atoms with Gasteiger partial charge in [-0.1, -0.05) is 30.3 Å². The lowest BCUT2D eigenvalue weighted by Crippen LogP contribution is -2.37. The van der Waals surface area contributed by atoms with Crippen molar-refractivity contribution in [3.8, 4) is 0 Å². The molecule has 5 nitrogen and oxygen atoms in total. The molecule has 0 radical (unpaired) electrons. The Kier molecular flexibility index (Phi) is 4.00. The highest BCUT2D eigenvalue weighted by Gasteiger charge is 2.53. The molecule has 0 spiro atoms. The van der Waals surface area contributed by atoms with E-state index in [9.17, 15) is 4.79 Å². The molecule has 2 aromatic heterocycles. The summed E-state index contributed by atoms with van der Waals surface area (Å²) in [6.45, 7) is 5.95. The van der Waals surface area contributed by atoms with E-state index < -0.39 is 0 Å². The first-order chi connectivity index (χ1) is 13.6. The molecule has 1 saturated carbocycles. The van der Waals surface area contributed by atoms with Crippen LogP contribution in [0.2, 0.25) is 0 Å². The highest BCUT2D eigenvalue weighted by Crippen LogP contribution is 2.50. The van der Waals surface area contributed by atoms with E-state index in [1.165, 1.54) is 5.56 Å². The highest BCUT2D eigenvalue weighted by molar-refractivity contribution is 5.91. The molecule has 3 heterocycles. The Morgan fingerprint density at radius 3 is 2.68 bits per heavy atom. The maximum absolute atomic E-state index is 13.4. The number of likely N-dealkylation sites (tertiary alicyclic amines) is 1. The van der Waals surface area contributed by atoms with E-state index in [0.29, 0.717) is 11.9 Å².